The highest BCUT2D eigenvalue weighted by atomic mass is 16.2. The van der Waals surface area contributed by atoms with E-state index in [2.05, 4.69) is 19.2 Å². The number of nitrogens with one attached hydrogen (secondary N) is 1. The van der Waals surface area contributed by atoms with E-state index in [4.69, 9.17) is 0 Å². The molecule has 3 aliphatic rings. The van der Waals surface area contributed by atoms with E-state index >= 15 is 0 Å². The monoisotopic (exact) mass is 349 g/mol. The minimum Gasteiger partial charge on any atom is -0.341 e. The predicted octanol–water partition coefficient (Wildman–Crippen LogP) is 1.19. The van der Waals surface area contributed by atoms with Crippen molar-refractivity contribution in [1.29, 1.82) is 0 Å². The van der Waals surface area contributed by atoms with Crippen LogP contribution >= 0.6 is 0 Å². The lowest BCUT2D eigenvalue weighted by molar-refractivity contribution is -0.145. The van der Waals surface area contributed by atoms with E-state index in [1.165, 1.54) is 0 Å². The van der Waals surface area contributed by atoms with Crippen LogP contribution in [0.1, 0.15) is 52.4 Å². The zero-order valence-electron chi connectivity index (χ0n) is 15.6. The Kier molecular flexibility index (Phi) is 5.46. The first-order valence-electron chi connectivity index (χ1n) is 9.74. The van der Waals surface area contributed by atoms with Gasteiger partial charge in [0.25, 0.3) is 0 Å². The first-order chi connectivity index (χ1) is 11.9. The summed E-state index contributed by atoms with van der Waals surface area (Å²) in [5, 5.41) is 3.27. The number of piperazine rings is 1. The van der Waals surface area contributed by atoms with Crippen LogP contribution in [0.4, 0.5) is 0 Å². The molecule has 1 N–H and O–H groups in total. The highest BCUT2D eigenvalue weighted by Crippen LogP contribution is 2.43. The molecule has 6 nitrogen and oxygen atoms in total. The second kappa shape index (κ2) is 7.44. The topological polar surface area (TPSA) is 69.7 Å². The summed E-state index contributed by atoms with van der Waals surface area (Å²) in [7, 11) is 0. The van der Waals surface area contributed by atoms with Gasteiger partial charge in [0, 0.05) is 38.0 Å². The lowest BCUT2D eigenvalue weighted by atomic mass is 9.76. The minimum absolute atomic E-state index is 0.0267. The molecule has 2 heterocycles. The molecule has 25 heavy (non-hydrogen) atoms. The molecule has 140 valence electrons. The van der Waals surface area contributed by atoms with Gasteiger partial charge < -0.3 is 15.1 Å². The zero-order valence-corrected chi connectivity index (χ0v) is 15.6. The number of rotatable bonds is 4. The first kappa shape index (κ1) is 18.4. The van der Waals surface area contributed by atoms with E-state index in [1.807, 2.05) is 4.90 Å². The van der Waals surface area contributed by atoms with Gasteiger partial charge in [-0.25, -0.2) is 0 Å². The van der Waals surface area contributed by atoms with Crippen LogP contribution in [0.3, 0.4) is 0 Å². The molecule has 1 unspecified atom stereocenters. The first-order valence-corrected chi connectivity index (χ1v) is 9.74. The number of carbonyl (C=O) groups is 3. The van der Waals surface area contributed by atoms with E-state index < -0.39 is 0 Å². The normalized spacial score (nSPS) is 26.8. The Hall–Kier alpha value is -1.43. The van der Waals surface area contributed by atoms with E-state index in [0.29, 0.717) is 37.8 Å². The third kappa shape index (κ3) is 3.89. The van der Waals surface area contributed by atoms with E-state index in [-0.39, 0.29) is 29.8 Å². The number of hydrogen-bond donors (Lipinski definition) is 1. The fraction of sp³-hybridized carbons (Fsp3) is 0.842. The molecule has 3 fully saturated rings. The van der Waals surface area contributed by atoms with Crippen LogP contribution in [-0.2, 0) is 14.4 Å². The van der Waals surface area contributed by atoms with Crippen molar-refractivity contribution in [2.45, 2.75) is 58.4 Å². The zero-order chi connectivity index (χ0) is 18.0. The highest BCUT2D eigenvalue weighted by Gasteiger charge is 2.44. The maximum absolute atomic E-state index is 12.7. The van der Waals surface area contributed by atoms with E-state index in [9.17, 15) is 14.4 Å². The van der Waals surface area contributed by atoms with Gasteiger partial charge in [0.15, 0.2) is 0 Å². The van der Waals surface area contributed by atoms with Crippen molar-refractivity contribution in [3.8, 4) is 0 Å². The van der Waals surface area contributed by atoms with E-state index in [0.717, 1.165) is 38.6 Å². The number of hydrogen-bond acceptors (Lipinski definition) is 4. The van der Waals surface area contributed by atoms with Crippen molar-refractivity contribution in [2.75, 3.05) is 32.7 Å². The molecule has 1 atom stereocenters. The van der Waals surface area contributed by atoms with Gasteiger partial charge >= 0.3 is 0 Å². The maximum Gasteiger partial charge on any atom is 0.242 e. The number of likely N-dealkylation sites (tertiary alicyclic amines) is 1. The van der Waals surface area contributed by atoms with Crippen molar-refractivity contribution in [3.63, 3.8) is 0 Å². The molecule has 1 saturated carbocycles. The third-order valence-electron chi connectivity index (χ3n) is 6.14. The third-order valence-corrected chi connectivity index (χ3v) is 6.14. The largest absolute Gasteiger partial charge is 0.341 e. The lowest BCUT2D eigenvalue weighted by Gasteiger charge is -2.40. The molecule has 1 aliphatic carbocycles. The number of amides is 2. The minimum atomic E-state index is -0.165. The van der Waals surface area contributed by atoms with Gasteiger partial charge in [-0.3, -0.25) is 14.4 Å². The Bertz CT molecular complexity index is 538. The van der Waals surface area contributed by atoms with Crippen LogP contribution in [0.15, 0.2) is 0 Å². The number of Topliss-reactive ketones (excluding diaryl/α,β-unsaturated/α-hetero) is 1. The van der Waals surface area contributed by atoms with E-state index in [1.54, 1.807) is 4.90 Å². The van der Waals surface area contributed by atoms with Crippen molar-refractivity contribution in [3.05, 3.63) is 0 Å². The second-order valence-corrected chi connectivity index (χ2v) is 8.33. The van der Waals surface area contributed by atoms with Gasteiger partial charge in [-0.2, -0.15) is 0 Å². The Morgan fingerprint density at radius 1 is 1.20 bits per heavy atom. The molecule has 2 saturated heterocycles. The summed E-state index contributed by atoms with van der Waals surface area (Å²) in [6, 6.07) is -0.165. The fourth-order valence-electron chi connectivity index (χ4n) is 4.57. The Labute approximate surface area is 150 Å². The van der Waals surface area contributed by atoms with Gasteiger partial charge in [-0.1, -0.05) is 13.8 Å². The molecule has 0 aromatic heterocycles. The van der Waals surface area contributed by atoms with Crippen molar-refractivity contribution in [2.24, 2.45) is 11.3 Å². The van der Waals surface area contributed by atoms with Crippen molar-refractivity contribution < 1.29 is 14.4 Å². The highest BCUT2D eigenvalue weighted by molar-refractivity contribution is 5.89. The van der Waals surface area contributed by atoms with Crippen molar-refractivity contribution >= 4 is 17.6 Å². The fourth-order valence-corrected chi connectivity index (χ4v) is 4.57. The summed E-state index contributed by atoms with van der Waals surface area (Å²) in [4.78, 5) is 40.9. The lowest BCUT2D eigenvalue weighted by Crippen LogP contribution is -2.58. The van der Waals surface area contributed by atoms with Gasteiger partial charge in [0.1, 0.15) is 5.78 Å². The second-order valence-electron chi connectivity index (χ2n) is 8.33. The molecule has 0 aromatic carbocycles. The van der Waals surface area contributed by atoms with Gasteiger partial charge in [-0.05, 0) is 38.0 Å². The molecular weight excluding hydrogens is 318 g/mol. The molecule has 0 bridgehead atoms. The molecule has 2 aliphatic heterocycles. The summed E-state index contributed by atoms with van der Waals surface area (Å²) < 4.78 is 0. The Balaban J connectivity index is 1.52. The van der Waals surface area contributed by atoms with Crippen LogP contribution in [0.25, 0.3) is 0 Å². The maximum atomic E-state index is 12.7. The molecule has 1 spiro atoms. The quantitative estimate of drug-likeness (QED) is 0.828. The van der Waals surface area contributed by atoms with Gasteiger partial charge in [0.2, 0.25) is 11.8 Å². The van der Waals surface area contributed by atoms with Gasteiger partial charge in [0.05, 0.1) is 12.6 Å². The number of ketones is 1. The number of piperidine rings is 1. The summed E-state index contributed by atoms with van der Waals surface area (Å²) in [5.74, 6) is 0.916. The predicted molar refractivity (Wildman–Crippen MR) is 94.9 cm³/mol. The standard InChI is InChI=1S/C19H31N3O3/c1-14(2)12-15-18(25)22(11-8-20-15)13-17(24)21-9-6-19(7-10-21)5-3-4-16(19)23/h14-15,20H,3-13H2,1-2H3. The number of nitrogens with zero attached hydrogens (tertiary/aromatic N) is 2. The number of carbonyl (C=O) groups excluding carboxylic acids is 3. The van der Waals surface area contributed by atoms with Gasteiger partial charge in [-0.15, -0.1) is 0 Å². The van der Waals surface area contributed by atoms with Crippen LogP contribution in [0.5, 0.6) is 0 Å². The van der Waals surface area contributed by atoms with Crippen LogP contribution < -0.4 is 5.32 Å². The van der Waals surface area contributed by atoms with Crippen molar-refractivity contribution in [1.82, 2.24) is 15.1 Å². The smallest absolute Gasteiger partial charge is 0.242 e. The van der Waals surface area contributed by atoms with Crippen LogP contribution in [0.2, 0.25) is 0 Å². The Morgan fingerprint density at radius 2 is 1.92 bits per heavy atom. The molecule has 2 amide bonds. The van der Waals surface area contributed by atoms with Crippen LogP contribution in [-0.4, -0.2) is 66.2 Å². The Morgan fingerprint density at radius 3 is 2.52 bits per heavy atom. The summed E-state index contributed by atoms with van der Waals surface area (Å²) in [6.45, 7) is 7.03. The average Bonchev–Trinajstić information content (AvgIpc) is 2.92. The molecule has 6 heteroatoms. The molecule has 0 radical (unpaired) electrons. The summed E-state index contributed by atoms with van der Waals surface area (Å²) in [6.07, 6.45) is 5.09. The molecular formula is C19H31N3O3. The average molecular weight is 349 g/mol. The summed E-state index contributed by atoms with van der Waals surface area (Å²) in [5.41, 5.74) is -0.149. The molecule has 3 rings (SSSR count). The summed E-state index contributed by atoms with van der Waals surface area (Å²) >= 11 is 0. The SMILES string of the molecule is CC(C)CC1NCCN(CC(=O)N2CCC3(CCCC3=O)CC2)C1=O. The van der Waals surface area contributed by atoms with Crippen LogP contribution in [0, 0.1) is 11.3 Å². The molecule has 0 aromatic rings.